The van der Waals surface area contributed by atoms with E-state index in [0.717, 1.165) is 48.8 Å². The number of thiazole rings is 1. The van der Waals surface area contributed by atoms with E-state index in [9.17, 15) is 18.0 Å². The number of amides is 2. The summed E-state index contributed by atoms with van der Waals surface area (Å²) in [7, 11) is -3.39. The predicted octanol–water partition coefficient (Wildman–Crippen LogP) is 3.17. The van der Waals surface area contributed by atoms with Gasteiger partial charge in [0.2, 0.25) is 0 Å². The van der Waals surface area contributed by atoms with Crippen LogP contribution in [0.2, 0.25) is 0 Å². The molecule has 0 saturated heterocycles. The lowest BCUT2D eigenvalue weighted by Gasteiger charge is -2.10. The van der Waals surface area contributed by atoms with Gasteiger partial charge in [0.15, 0.2) is 20.7 Å². The summed E-state index contributed by atoms with van der Waals surface area (Å²) >= 11 is 1.02. The van der Waals surface area contributed by atoms with Crippen molar-refractivity contribution >= 4 is 43.8 Å². The number of pyridine rings is 1. The van der Waals surface area contributed by atoms with E-state index >= 15 is 0 Å². The molecule has 2 heterocycles. The standard InChI is InChI=1S/C24H25N5O5S2/c1-36(32,33)19-10-8-17(9-11-19)21(29-34-18-6-2-3-7-18)23(31)28-24-27-15-20(35-24)22(30)26-14-16-5-4-12-25-13-16/h4-5,8-13,15,18H,2-3,6-7,14H2,1H3,(H,26,30)(H,27,28,31). The number of oxime groups is 1. The molecular formula is C24H25N5O5S2. The molecule has 0 aliphatic heterocycles. The van der Waals surface area contributed by atoms with Crippen molar-refractivity contribution in [1.82, 2.24) is 15.3 Å². The van der Waals surface area contributed by atoms with Crippen LogP contribution in [-0.2, 0) is 26.0 Å². The normalized spacial score (nSPS) is 14.4. The van der Waals surface area contributed by atoms with Crippen LogP contribution in [0.4, 0.5) is 5.13 Å². The van der Waals surface area contributed by atoms with Crippen molar-refractivity contribution in [2.45, 2.75) is 43.2 Å². The Morgan fingerprint density at radius 3 is 2.56 bits per heavy atom. The zero-order valence-corrected chi connectivity index (χ0v) is 21.1. The smallest absolute Gasteiger partial charge is 0.280 e. The molecule has 4 rings (SSSR count). The average Bonchev–Trinajstić information content (AvgIpc) is 3.56. The molecule has 12 heteroatoms. The number of anilines is 1. The van der Waals surface area contributed by atoms with Crippen LogP contribution in [0.25, 0.3) is 0 Å². The fraction of sp³-hybridized carbons (Fsp3) is 0.292. The zero-order chi connectivity index (χ0) is 25.5. The van der Waals surface area contributed by atoms with E-state index in [2.05, 4.69) is 25.8 Å². The Kier molecular flexibility index (Phi) is 8.06. The fourth-order valence-corrected chi connectivity index (χ4v) is 4.93. The molecule has 3 aromatic rings. The molecule has 0 spiro atoms. The molecular weight excluding hydrogens is 502 g/mol. The van der Waals surface area contributed by atoms with Crippen molar-refractivity contribution < 1.29 is 22.8 Å². The summed E-state index contributed by atoms with van der Waals surface area (Å²) in [5.41, 5.74) is 1.23. The Bertz CT molecular complexity index is 1350. The summed E-state index contributed by atoms with van der Waals surface area (Å²) < 4.78 is 23.6. The molecule has 0 unspecified atom stereocenters. The third kappa shape index (κ3) is 6.73. The van der Waals surface area contributed by atoms with Crippen molar-refractivity contribution in [3.8, 4) is 0 Å². The highest BCUT2D eigenvalue weighted by molar-refractivity contribution is 7.90. The van der Waals surface area contributed by atoms with Crippen LogP contribution in [0.15, 0.2) is 65.0 Å². The number of hydrogen-bond donors (Lipinski definition) is 2. The maximum absolute atomic E-state index is 13.1. The SMILES string of the molecule is CS(=O)(=O)c1ccc(C(=NOC2CCCC2)C(=O)Nc2ncc(C(=O)NCc3cccnc3)s2)cc1. The van der Waals surface area contributed by atoms with Gasteiger partial charge in [-0.3, -0.25) is 19.9 Å². The van der Waals surface area contributed by atoms with E-state index in [0.29, 0.717) is 17.0 Å². The van der Waals surface area contributed by atoms with E-state index in [1.807, 2.05) is 6.07 Å². The molecule has 1 aliphatic carbocycles. The first-order valence-electron chi connectivity index (χ1n) is 11.3. The monoisotopic (exact) mass is 527 g/mol. The van der Waals surface area contributed by atoms with Crippen molar-refractivity contribution in [3.05, 3.63) is 71.0 Å². The Morgan fingerprint density at radius 1 is 1.14 bits per heavy atom. The van der Waals surface area contributed by atoms with Crippen molar-refractivity contribution in [2.24, 2.45) is 5.16 Å². The molecule has 2 amide bonds. The van der Waals surface area contributed by atoms with Gasteiger partial charge in [-0.25, -0.2) is 13.4 Å². The Morgan fingerprint density at radius 2 is 1.89 bits per heavy atom. The molecule has 0 radical (unpaired) electrons. The third-order valence-corrected chi connectivity index (χ3v) is 7.53. The second-order valence-electron chi connectivity index (χ2n) is 8.28. The first-order valence-corrected chi connectivity index (χ1v) is 14.0. The van der Waals surface area contributed by atoms with Gasteiger partial charge in [0, 0.05) is 30.8 Å². The number of carbonyl (C=O) groups is 2. The molecule has 1 aromatic carbocycles. The van der Waals surface area contributed by atoms with Gasteiger partial charge >= 0.3 is 0 Å². The minimum atomic E-state index is -3.39. The molecule has 0 bridgehead atoms. The van der Waals surface area contributed by atoms with Gasteiger partial charge in [0.25, 0.3) is 11.8 Å². The van der Waals surface area contributed by atoms with E-state index < -0.39 is 15.7 Å². The molecule has 1 saturated carbocycles. The highest BCUT2D eigenvalue weighted by Gasteiger charge is 2.22. The Balaban J connectivity index is 1.47. The number of sulfone groups is 1. The van der Waals surface area contributed by atoms with Crippen molar-refractivity contribution in [2.75, 3.05) is 11.6 Å². The zero-order valence-electron chi connectivity index (χ0n) is 19.5. The number of nitrogens with one attached hydrogen (secondary N) is 2. The summed E-state index contributed by atoms with van der Waals surface area (Å²) in [5, 5.41) is 9.78. The Labute approximate surface area is 212 Å². The highest BCUT2D eigenvalue weighted by atomic mass is 32.2. The second kappa shape index (κ2) is 11.4. The first-order chi connectivity index (χ1) is 17.3. The van der Waals surface area contributed by atoms with E-state index in [-0.39, 0.29) is 27.7 Å². The van der Waals surface area contributed by atoms with Gasteiger partial charge in [-0.15, -0.1) is 0 Å². The lowest BCUT2D eigenvalue weighted by molar-refractivity contribution is -0.110. The molecule has 1 aliphatic rings. The Hall–Kier alpha value is -3.64. The van der Waals surface area contributed by atoms with Crippen LogP contribution in [0.3, 0.4) is 0 Å². The van der Waals surface area contributed by atoms with Gasteiger partial charge in [0.1, 0.15) is 11.0 Å². The van der Waals surface area contributed by atoms with Gasteiger partial charge in [-0.05, 0) is 49.4 Å². The molecule has 2 N–H and O–H groups in total. The molecule has 188 valence electrons. The number of benzene rings is 1. The maximum Gasteiger partial charge on any atom is 0.280 e. The number of aromatic nitrogens is 2. The van der Waals surface area contributed by atoms with E-state index in [4.69, 9.17) is 4.84 Å². The lowest BCUT2D eigenvalue weighted by atomic mass is 10.1. The van der Waals surface area contributed by atoms with Gasteiger partial charge < -0.3 is 10.2 Å². The van der Waals surface area contributed by atoms with Crippen LogP contribution in [-0.4, -0.2) is 48.3 Å². The maximum atomic E-state index is 13.1. The quantitative estimate of drug-likeness (QED) is 0.322. The predicted molar refractivity (Wildman–Crippen MR) is 136 cm³/mol. The average molecular weight is 528 g/mol. The number of nitrogens with zero attached hydrogens (tertiary/aromatic N) is 3. The van der Waals surface area contributed by atoms with E-state index in [1.54, 1.807) is 18.5 Å². The largest absolute Gasteiger partial charge is 0.392 e. The van der Waals surface area contributed by atoms with Gasteiger partial charge in [-0.1, -0.05) is 34.7 Å². The highest BCUT2D eigenvalue weighted by Crippen LogP contribution is 2.22. The lowest BCUT2D eigenvalue weighted by Crippen LogP contribution is -2.25. The topological polar surface area (TPSA) is 140 Å². The van der Waals surface area contributed by atoms with Crippen LogP contribution in [0.5, 0.6) is 0 Å². The van der Waals surface area contributed by atoms with Crippen LogP contribution in [0.1, 0.15) is 46.5 Å². The summed E-state index contributed by atoms with van der Waals surface area (Å²) in [6.45, 7) is 0.311. The number of carbonyl (C=O) groups excluding carboxylic acids is 2. The van der Waals surface area contributed by atoms with Crippen LogP contribution >= 0.6 is 11.3 Å². The molecule has 10 nitrogen and oxygen atoms in total. The minimum absolute atomic E-state index is 0.0141. The number of hydrogen-bond acceptors (Lipinski definition) is 9. The fourth-order valence-electron chi connectivity index (χ4n) is 3.57. The molecule has 0 atom stereocenters. The minimum Gasteiger partial charge on any atom is -0.392 e. The van der Waals surface area contributed by atoms with Crippen molar-refractivity contribution in [3.63, 3.8) is 0 Å². The summed E-state index contributed by atoms with van der Waals surface area (Å²) in [4.78, 5) is 39.8. The first kappa shape index (κ1) is 25.5. The van der Waals surface area contributed by atoms with Crippen molar-refractivity contribution in [1.29, 1.82) is 0 Å². The summed E-state index contributed by atoms with van der Waals surface area (Å²) in [6, 6.07) is 9.47. The number of rotatable bonds is 9. The van der Waals surface area contributed by atoms with Crippen LogP contribution < -0.4 is 10.6 Å². The van der Waals surface area contributed by atoms with Gasteiger partial charge in [0.05, 0.1) is 11.1 Å². The van der Waals surface area contributed by atoms with Crippen LogP contribution in [0, 0.1) is 0 Å². The second-order valence-corrected chi connectivity index (χ2v) is 11.3. The molecule has 36 heavy (non-hydrogen) atoms. The summed E-state index contributed by atoms with van der Waals surface area (Å²) in [6.07, 6.45) is 9.52. The molecule has 2 aromatic heterocycles. The third-order valence-electron chi connectivity index (χ3n) is 5.49. The van der Waals surface area contributed by atoms with Gasteiger partial charge in [-0.2, -0.15) is 0 Å². The summed E-state index contributed by atoms with van der Waals surface area (Å²) in [5.74, 6) is -0.913. The molecule has 1 fully saturated rings. The van der Waals surface area contributed by atoms with E-state index in [1.165, 1.54) is 30.5 Å².